The lowest BCUT2D eigenvalue weighted by molar-refractivity contribution is 0.635. The molecular formula is C20H19FN4S2. The van der Waals surface area contributed by atoms with E-state index in [9.17, 15) is 4.39 Å². The third-order valence-electron chi connectivity index (χ3n) is 5.03. The normalized spacial score (nSPS) is 15.2. The Hall–Kier alpha value is -2.25. The van der Waals surface area contributed by atoms with Crippen LogP contribution in [0.2, 0.25) is 0 Å². The molecule has 0 unspecified atom stereocenters. The molecule has 0 radical (unpaired) electrons. The van der Waals surface area contributed by atoms with Crippen LogP contribution < -0.4 is 9.80 Å². The van der Waals surface area contributed by atoms with Gasteiger partial charge in [-0.05, 0) is 36.2 Å². The second kappa shape index (κ2) is 6.73. The zero-order chi connectivity index (χ0) is 18.4. The highest BCUT2D eigenvalue weighted by Crippen LogP contribution is 2.33. The topological polar surface area (TPSA) is 32.3 Å². The number of anilines is 2. The third kappa shape index (κ3) is 3.04. The van der Waals surface area contributed by atoms with Gasteiger partial charge in [-0.3, -0.25) is 0 Å². The van der Waals surface area contributed by atoms with Crippen LogP contribution in [0.5, 0.6) is 0 Å². The minimum absolute atomic E-state index is 0.241. The van der Waals surface area contributed by atoms with Crippen molar-refractivity contribution in [2.45, 2.75) is 13.3 Å². The van der Waals surface area contributed by atoms with Crippen molar-refractivity contribution >= 4 is 53.4 Å². The summed E-state index contributed by atoms with van der Waals surface area (Å²) < 4.78 is 16.1. The lowest BCUT2D eigenvalue weighted by Crippen LogP contribution is -2.46. The molecule has 0 atom stereocenters. The fourth-order valence-electron chi connectivity index (χ4n) is 3.44. The van der Waals surface area contributed by atoms with Crippen LogP contribution >= 0.6 is 22.7 Å². The number of thiazole rings is 2. The van der Waals surface area contributed by atoms with Gasteiger partial charge in [-0.2, -0.15) is 0 Å². The summed E-state index contributed by atoms with van der Waals surface area (Å²) in [6, 6.07) is 11.7. The first-order chi connectivity index (χ1) is 13.2. The summed E-state index contributed by atoms with van der Waals surface area (Å²) in [5.41, 5.74) is 2.92. The van der Waals surface area contributed by atoms with Crippen molar-refractivity contribution in [1.29, 1.82) is 0 Å². The maximum absolute atomic E-state index is 13.9. The zero-order valence-corrected chi connectivity index (χ0v) is 16.6. The zero-order valence-electron chi connectivity index (χ0n) is 15.0. The van der Waals surface area contributed by atoms with Gasteiger partial charge in [0.15, 0.2) is 10.3 Å². The number of hydrogen-bond acceptors (Lipinski definition) is 6. The molecule has 1 saturated heterocycles. The van der Waals surface area contributed by atoms with E-state index >= 15 is 0 Å². The average molecular weight is 399 g/mol. The first kappa shape index (κ1) is 16.9. The highest BCUT2D eigenvalue weighted by atomic mass is 32.1. The van der Waals surface area contributed by atoms with E-state index in [2.05, 4.69) is 39.9 Å². The largest absolute Gasteiger partial charge is 0.345 e. The van der Waals surface area contributed by atoms with Crippen LogP contribution in [0.25, 0.3) is 20.4 Å². The van der Waals surface area contributed by atoms with E-state index in [1.165, 1.54) is 16.3 Å². The lowest BCUT2D eigenvalue weighted by atomic mass is 10.2. The molecule has 4 nitrogen and oxygen atoms in total. The van der Waals surface area contributed by atoms with E-state index in [-0.39, 0.29) is 5.82 Å². The Labute approximate surface area is 164 Å². The monoisotopic (exact) mass is 398 g/mol. The van der Waals surface area contributed by atoms with Crippen molar-refractivity contribution in [2.24, 2.45) is 0 Å². The predicted molar refractivity (Wildman–Crippen MR) is 113 cm³/mol. The van der Waals surface area contributed by atoms with E-state index in [4.69, 9.17) is 4.98 Å². The Morgan fingerprint density at radius 2 is 1.63 bits per heavy atom. The number of aryl methyl sites for hydroxylation is 1. The summed E-state index contributed by atoms with van der Waals surface area (Å²) >= 11 is 3.34. The van der Waals surface area contributed by atoms with Gasteiger partial charge < -0.3 is 9.80 Å². The maximum Gasteiger partial charge on any atom is 0.186 e. The number of rotatable bonds is 3. The first-order valence-corrected chi connectivity index (χ1v) is 10.8. The van der Waals surface area contributed by atoms with Crippen LogP contribution in [0, 0.1) is 5.82 Å². The van der Waals surface area contributed by atoms with Crippen LogP contribution in [-0.2, 0) is 6.42 Å². The molecule has 2 aromatic heterocycles. The summed E-state index contributed by atoms with van der Waals surface area (Å²) in [6.07, 6.45) is 1.05. The number of aromatic nitrogens is 2. The Kier molecular flexibility index (Phi) is 4.21. The number of fused-ring (bicyclic) bond motifs is 2. The summed E-state index contributed by atoms with van der Waals surface area (Å²) in [4.78, 5) is 13.9. The van der Waals surface area contributed by atoms with Gasteiger partial charge in [-0.25, -0.2) is 14.4 Å². The standard InChI is InChI=1S/C20H19FN4S2/c1-2-13-6-7-15-17(12-13)27-19(22-15)24-8-10-25(11-9-24)20-23-18-14(21)4-3-5-16(18)26-20/h3-7,12H,2,8-11H2,1H3. The second-order valence-corrected chi connectivity index (χ2v) is 8.73. The molecule has 138 valence electrons. The minimum Gasteiger partial charge on any atom is -0.345 e. The molecular weight excluding hydrogens is 379 g/mol. The molecule has 0 bridgehead atoms. The lowest BCUT2D eigenvalue weighted by Gasteiger charge is -2.34. The van der Waals surface area contributed by atoms with Crippen molar-refractivity contribution in [2.75, 3.05) is 36.0 Å². The van der Waals surface area contributed by atoms with Crippen molar-refractivity contribution in [3.63, 3.8) is 0 Å². The van der Waals surface area contributed by atoms with Gasteiger partial charge in [0.1, 0.15) is 11.3 Å². The predicted octanol–water partition coefficient (Wildman–Crippen LogP) is 4.93. The molecule has 0 amide bonds. The number of halogens is 1. The van der Waals surface area contributed by atoms with Crippen LogP contribution in [0.3, 0.4) is 0 Å². The van der Waals surface area contributed by atoms with E-state index in [1.54, 1.807) is 28.7 Å². The summed E-state index contributed by atoms with van der Waals surface area (Å²) in [7, 11) is 0. The van der Waals surface area contributed by atoms with Gasteiger partial charge in [0.25, 0.3) is 0 Å². The molecule has 3 heterocycles. The molecule has 0 saturated carbocycles. The van der Waals surface area contributed by atoms with E-state index in [0.29, 0.717) is 5.52 Å². The molecule has 4 aromatic rings. The molecule has 1 aliphatic heterocycles. The van der Waals surface area contributed by atoms with E-state index in [0.717, 1.165) is 53.1 Å². The van der Waals surface area contributed by atoms with Crippen molar-refractivity contribution in [3.05, 3.63) is 47.8 Å². The number of para-hydroxylation sites is 1. The first-order valence-electron chi connectivity index (χ1n) is 9.15. The molecule has 1 fully saturated rings. The number of benzene rings is 2. The molecule has 1 aliphatic rings. The molecule has 27 heavy (non-hydrogen) atoms. The molecule has 0 aliphatic carbocycles. The van der Waals surface area contributed by atoms with Gasteiger partial charge in [0, 0.05) is 26.2 Å². The Bertz CT molecular complexity index is 1110. The van der Waals surface area contributed by atoms with E-state index in [1.807, 2.05) is 6.07 Å². The number of hydrogen-bond donors (Lipinski definition) is 0. The van der Waals surface area contributed by atoms with Gasteiger partial charge in [0.05, 0.1) is 14.9 Å². The number of nitrogens with zero attached hydrogens (tertiary/aromatic N) is 4. The summed E-state index contributed by atoms with van der Waals surface area (Å²) in [5, 5.41) is 2.00. The smallest absolute Gasteiger partial charge is 0.186 e. The van der Waals surface area contributed by atoms with Gasteiger partial charge in [-0.1, -0.05) is 41.7 Å². The molecule has 0 spiro atoms. The van der Waals surface area contributed by atoms with Crippen LogP contribution in [0.1, 0.15) is 12.5 Å². The van der Waals surface area contributed by atoms with Crippen molar-refractivity contribution in [3.8, 4) is 0 Å². The Balaban J connectivity index is 1.34. The molecule has 2 aromatic carbocycles. The summed E-state index contributed by atoms with van der Waals surface area (Å²) in [6.45, 7) is 5.73. The van der Waals surface area contributed by atoms with Crippen molar-refractivity contribution < 1.29 is 4.39 Å². The maximum atomic E-state index is 13.9. The van der Waals surface area contributed by atoms with Gasteiger partial charge >= 0.3 is 0 Å². The summed E-state index contributed by atoms with van der Waals surface area (Å²) in [5.74, 6) is -0.241. The highest BCUT2D eigenvalue weighted by Gasteiger charge is 2.22. The minimum atomic E-state index is -0.241. The van der Waals surface area contributed by atoms with Crippen LogP contribution in [0.4, 0.5) is 14.7 Å². The Morgan fingerprint density at radius 1 is 0.926 bits per heavy atom. The average Bonchev–Trinajstić information content (AvgIpc) is 3.32. The SMILES string of the molecule is CCc1ccc2nc(N3CCN(c4nc5c(F)cccc5s4)CC3)sc2c1. The van der Waals surface area contributed by atoms with Gasteiger partial charge in [0.2, 0.25) is 0 Å². The molecule has 5 rings (SSSR count). The third-order valence-corrected chi connectivity index (χ3v) is 7.19. The fraction of sp³-hybridized carbons (Fsp3) is 0.300. The molecule has 7 heteroatoms. The van der Waals surface area contributed by atoms with Crippen molar-refractivity contribution in [1.82, 2.24) is 9.97 Å². The van der Waals surface area contributed by atoms with Gasteiger partial charge in [-0.15, -0.1) is 0 Å². The number of piperazine rings is 1. The second-order valence-electron chi connectivity index (χ2n) is 6.71. The fourth-order valence-corrected chi connectivity index (χ4v) is 5.55. The van der Waals surface area contributed by atoms with Crippen LogP contribution in [-0.4, -0.2) is 36.1 Å². The van der Waals surface area contributed by atoms with Crippen LogP contribution in [0.15, 0.2) is 36.4 Å². The van der Waals surface area contributed by atoms with E-state index < -0.39 is 0 Å². The highest BCUT2D eigenvalue weighted by molar-refractivity contribution is 7.22. The quantitative estimate of drug-likeness (QED) is 0.490. The Morgan fingerprint density at radius 3 is 2.33 bits per heavy atom. The molecule has 0 N–H and O–H groups in total.